The van der Waals surface area contributed by atoms with Gasteiger partial charge in [0.2, 0.25) is 0 Å². The zero-order chi connectivity index (χ0) is 13.1. The Morgan fingerprint density at radius 3 is 2.50 bits per heavy atom. The lowest BCUT2D eigenvalue weighted by Crippen LogP contribution is -2.35. The van der Waals surface area contributed by atoms with Crippen LogP contribution in [0.2, 0.25) is 0 Å². The number of anilines is 2. The van der Waals surface area contributed by atoms with Crippen molar-refractivity contribution in [2.24, 2.45) is 0 Å². The zero-order valence-electron chi connectivity index (χ0n) is 11.7. The molecule has 100 valence electrons. The van der Waals surface area contributed by atoms with Crippen molar-refractivity contribution in [2.45, 2.75) is 57.9 Å². The average molecular weight is 248 g/mol. The fourth-order valence-corrected chi connectivity index (χ4v) is 2.88. The van der Waals surface area contributed by atoms with E-state index in [0.717, 1.165) is 11.4 Å². The summed E-state index contributed by atoms with van der Waals surface area (Å²) in [5.41, 5.74) is 7.10. The molecule has 2 N–H and O–H groups in total. The van der Waals surface area contributed by atoms with Gasteiger partial charge in [0, 0.05) is 18.7 Å². The SMILES string of the molecule is CC(C)c1c(N)ncnc1N(C)C1CCCCC1. The Kier molecular flexibility index (Phi) is 4.04. The molecule has 0 saturated heterocycles. The van der Waals surface area contributed by atoms with E-state index in [4.69, 9.17) is 5.73 Å². The summed E-state index contributed by atoms with van der Waals surface area (Å²) in [6.45, 7) is 4.29. The quantitative estimate of drug-likeness (QED) is 0.893. The van der Waals surface area contributed by atoms with Gasteiger partial charge in [-0.15, -0.1) is 0 Å². The first-order valence-corrected chi connectivity index (χ1v) is 6.94. The standard InChI is InChI=1S/C14H24N4/c1-10(2)12-13(15)16-9-17-14(12)18(3)11-7-5-4-6-8-11/h9-11H,4-8H2,1-3H3,(H2,15,16,17). The van der Waals surface area contributed by atoms with Gasteiger partial charge in [0.25, 0.3) is 0 Å². The van der Waals surface area contributed by atoms with Crippen molar-refractivity contribution < 1.29 is 0 Å². The summed E-state index contributed by atoms with van der Waals surface area (Å²) in [7, 11) is 2.14. The van der Waals surface area contributed by atoms with Crippen LogP contribution in [0.5, 0.6) is 0 Å². The largest absolute Gasteiger partial charge is 0.383 e. The molecule has 0 radical (unpaired) electrons. The third kappa shape index (κ3) is 2.57. The van der Waals surface area contributed by atoms with Crippen LogP contribution < -0.4 is 10.6 Å². The molecule has 0 amide bonds. The van der Waals surface area contributed by atoms with Gasteiger partial charge in [0.05, 0.1) is 0 Å². The van der Waals surface area contributed by atoms with Crippen molar-refractivity contribution in [3.63, 3.8) is 0 Å². The van der Waals surface area contributed by atoms with E-state index in [1.807, 2.05) is 0 Å². The highest BCUT2D eigenvalue weighted by Crippen LogP contribution is 2.32. The Hall–Kier alpha value is -1.32. The van der Waals surface area contributed by atoms with Crippen LogP contribution in [0.1, 0.15) is 57.4 Å². The van der Waals surface area contributed by atoms with E-state index in [2.05, 4.69) is 35.8 Å². The van der Waals surface area contributed by atoms with Crippen molar-refractivity contribution >= 4 is 11.6 Å². The summed E-state index contributed by atoms with van der Waals surface area (Å²) in [5, 5.41) is 0. The number of hydrogen-bond acceptors (Lipinski definition) is 4. The zero-order valence-corrected chi connectivity index (χ0v) is 11.7. The van der Waals surface area contributed by atoms with Crippen molar-refractivity contribution in [1.82, 2.24) is 9.97 Å². The summed E-state index contributed by atoms with van der Waals surface area (Å²) < 4.78 is 0. The second kappa shape index (κ2) is 5.55. The highest BCUT2D eigenvalue weighted by Gasteiger charge is 2.23. The highest BCUT2D eigenvalue weighted by atomic mass is 15.2. The van der Waals surface area contributed by atoms with E-state index in [1.165, 1.54) is 32.1 Å². The molecule has 18 heavy (non-hydrogen) atoms. The van der Waals surface area contributed by atoms with Crippen LogP contribution in [0.3, 0.4) is 0 Å². The molecule has 0 unspecified atom stereocenters. The van der Waals surface area contributed by atoms with Crippen LogP contribution in [0.15, 0.2) is 6.33 Å². The number of rotatable bonds is 3. The summed E-state index contributed by atoms with van der Waals surface area (Å²) in [6.07, 6.45) is 8.12. The first-order valence-electron chi connectivity index (χ1n) is 6.94. The fraction of sp³-hybridized carbons (Fsp3) is 0.714. The predicted octanol–water partition coefficient (Wildman–Crippen LogP) is 2.95. The smallest absolute Gasteiger partial charge is 0.137 e. The lowest BCUT2D eigenvalue weighted by Gasteiger charge is -2.33. The van der Waals surface area contributed by atoms with Crippen molar-refractivity contribution in [3.05, 3.63) is 11.9 Å². The van der Waals surface area contributed by atoms with Crippen molar-refractivity contribution in [1.29, 1.82) is 0 Å². The lowest BCUT2D eigenvalue weighted by molar-refractivity contribution is 0.425. The van der Waals surface area contributed by atoms with Gasteiger partial charge >= 0.3 is 0 Å². The second-order valence-electron chi connectivity index (χ2n) is 5.55. The minimum absolute atomic E-state index is 0.354. The first kappa shape index (κ1) is 13.1. The van der Waals surface area contributed by atoms with Gasteiger partial charge in [0.1, 0.15) is 18.0 Å². The molecule has 0 aromatic carbocycles. The number of nitrogens with zero attached hydrogens (tertiary/aromatic N) is 3. The third-order valence-electron chi connectivity index (χ3n) is 3.93. The molecule has 1 aromatic rings. The van der Waals surface area contributed by atoms with E-state index >= 15 is 0 Å². The fourth-order valence-electron chi connectivity index (χ4n) is 2.88. The normalized spacial score (nSPS) is 17.1. The Bertz CT molecular complexity index is 397. The predicted molar refractivity (Wildman–Crippen MR) is 75.8 cm³/mol. The average Bonchev–Trinajstić information content (AvgIpc) is 2.38. The Balaban J connectivity index is 2.28. The maximum Gasteiger partial charge on any atom is 0.137 e. The van der Waals surface area contributed by atoms with E-state index < -0.39 is 0 Å². The molecule has 1 aromatic heterocycles. The maximum atomic E-state index is 6.01. The molecule has 1 heterocycles. The topological polar surface area (TPSA) is 55.0 Å². The molecule has 0 aliphatic heterocycles. The lowest BCUT2D eigenvalue weighted by atomic mass is 9.93. The summed E-state index contributed by atoms with van der Waals surface area (Å²) in [6, 6.07) is 0.602. The van der Waals surface area contributed by atoms with Gasteiger partial charge in [-0.1, -0.05) is 33.1 Å². The third-order valence-corrected chi connectivity index (χ3v) is 3.93. The maximum absolute atomic E-state index is 6.01. The second-order valence-corrected chi connectivity index (χ2v) is 5.55. The summed E-state index contributed by atoms with van der Waals surface area (Å²) in [4.78, 5) is 10.9. The molecular formula is C14H24N4. The highest BCUT2D eigenvalue weighted by molar-refractivity contribution is 5.58. The molecule has 4 heteroatoms. The Morgan fingerprint density at radius 1 is 1.22 bits per heavy atom. The van der Waals surface area contributed by atoms with Gasteiger partial charge in [-0.2, -0.15) is 0 Å². The first-order chi connectivity index (χ1) is 8.61. The van der Waals surface area contributed by atoms with Gasteiger partial charge in [0.15, 0.2) is 0 Å². The molecule has 0 atom stereocenters. The minimum atomic E-state index is 0.354. The van der Waals surface area contributed by atoms with E-state index in [1.54, 1.807) is 6.33 Å². The van der Waals surface area contributed by atoms with Crippen LogP contribution in [-0.4, -0.2) is 23.1 Å². The van der Waals surface area contributed by atoms with Gasteiger partial charge < -0.3 is 10.6 Å². The van der Waals surface area contributed by atoms with Crippen LogP contribution in [-0.2, 0) is 0 Å². The Morgan fingerprint density at radius 2 is 1.89 bits per heavy atom. The molecule has 0 bridgehead atoms. The summed E-state index contributed by atoms with van der Waals surface area (Å²) >= 11 is 0. The van der Waals surface area contributed by atoms with Crippen LogP contribution in [0.4, 0.5) is 11.6 Å². The van der Waals surface area contributed by atoms with Crippen LogP contribution in [0.25, 0.3) is 0 Å². The number of hydrogen-bond donors (Lipinski definition) is 1. The summed E-state index contributed by atoms with van der Waals surface area (Å²) in [5.74, 6) is 1.99. The number of nitrogens with two attached hydrogens (primary N) is 1. The molecular weight excluding hydrogens is 224 g/mol. The van der Waals surface area contributed by atoms with E-state index in [0.29, 0.717) is 17.8 Å². The molecule has 1 fully saturated rings. The van der Waals surface area contributed by atoms with Gasteiger partial charge in [-0.05, 0) is 18.8 Å². The van der Waals surface area contributed by atoms with Gasteiger partial charge in [-0.25, -0.2) is 9.97 Å². The number of aromatic nitrogens is 2. The monoisotopic (exact) mass is 248 g/mol. The molecule has 0 spiro atoms. The Labute approximate surface area is 110 Å². The molecule has 1 aliphatic carbocycles. The van der Waals surface area contributed by atoms with E-state index in [-0.39, 0.29) is 0 Å². The molecule has 2 rings (SSSR count). The van der Waals surface area contributed by atoms with Crippen molar-refractivity contribution in [2.75, 3.05) is 17.7 Å². The van der Waals surface area contributed by atoms with E-state index in [9.17, 15) is 0 Å². The van der Waals surface area contributed by atoms with Gasteiger partial charge in [-0.3, -0.25) is 0 Å². The number of nitrogen functional groups attached to an aromatic ring is 1. The molecule has 1 saturated carbocycles. The van der Waals surface area contributed by atoms with Crippen molar-refractivity contribution in [3.8, 4) is 0 Å². The van der Waals surface area contributed by atoms with Crippen LogP contribution >= 0.6 is 0 Å². The molecule has 4 nitrogen and oxygen atoms in total. The molecule has 1 aliphatic rings. The minimum Gasteiger partial charge on any atom is -0.383 e. The van der Waals surface area contributed by atoms with Crippen LogP contribution in [0, 0.1) is 0 Å².